The first-order valence-corrected chi connectivity index (χ1v) is 5.99. The Morgan fingerprint density at radius 3 is 2.90 bits per heavy atom. The van der Waals surface area contributed by atoms with Crippen LogP contribution in [0.1, 0.15) is 0 Å². The molecule has 1 heterocycles. The number of fused-ring (bicyclic) bond motifs is 1. The molecule has 2 amide bonds. The van der Waals surface area contributed by atoms with Crippen LogP contribution in [-0.4, -0.2) is 48.2 Å². The molecule has 0 bridgehead atoms. The van der Waals surface area contributed by atoms with Crippen LogP contribution >= 0.6 is 0 Å². The number of carbonyl (C=O) groups is 2. The van der Waals surface area contributed by atoms with Gasteiger partial charge in [0.25, 0.3) is 0 Å². The van der Waals surface area contributed by atoms with Gasteiger partial charge in [0.15, 0.2) is 0 Å². The van der Waals surface area contributed by atoms with Crippen LogP contribution in [0.3, 0.4) is 0 Å². The number of amides is 2. The number of carbonyl (C=O) groups excluding carboxylic acids is 1. The highest BCUT2D eigenvalue weighted by molar-refractivity contribution is 5.95. The fraction of sp³-hybridized carbons (Fsp3) is 0.286. The van der Waals surface area contributed by atoms with Gasteiger partial charge in [-0.1, -0.05) is 18.1 Å². The normalized spacial score (nSPS) is 16.6. The summed E-state index contributed by atoms with van der Waals surface area (Å²) in [7, 11) is 1.57. The van der Waals surface area contributed by atoms with Crippen LogP contribution in [0.25, 0.3) is 0 Å². The Morgan fingerprint density at radius 2 is 2.25 bits per heavy atom. The third-order valence-electron chi connectivity index (χ3n) is 2.94. The van der Waals surface area contributed by atoms with E-state index in [9.17, 15) is 9.59 Å². The van der Waals surface area contributed by atoms with Gasteiger partial charge in [0.2, 0.25) is 6.10 Å². The number of carboxylic acid groups (broad SMARTS) is 1. The van der Waals surface area contributed by atoms with Crippen molar-refractivity contribution in [3.8, 4) is 18.1 Å². The first kappa shape index (κ1) is 13.7. The van der Waals surface area contributed by atoms with Crippen molar-refractivity contribution in [3.05, 3.63) is 24.3 Å². The number of terminal acetylenes is 1. The summed E-state index contributed by atoms with van der Waals surface area (Å²) >= 11 is 0. The molecule has 0 radical (unpaired) electrons. The standard InChI is InChI=1S/C14H14N2O4/c1-3-8-15(2)14(19)16-9-12(13(17)18)20-11-7-5-4-6-10(11)16/h1,4-7,12H,8-9H2,2H3,(H,17,18). The zero-order valence-electron chi connectivity index (χ0n) is 10.9. The lowest BCUT2D eigenvalue weighted by atomic mass is 10.2. The molecule has 1 aromatic rings. The van der Waals surface area contributed by atoms with Crippen molar-refractivity contribution >= 4 is 17.7 Å². The number of hydrogen-bond donors (Lipinski definition) is 1. The summed E-state index contributed by atoms with van der Waals surface area (Å²) in [6.07, 6.45) is 4.10. The first-order valence-electron chi connectivity index (χ1n) is 5.99. The van der Waals surface area contributed by atoms with Crippen molar-refractivity contribution in [3.63, 3.8) is 0 Å². The molecule has 1 aliphatic heterocycles. The van der Waals surface area contributed by atoms with E-state index in [-0.39, 0.29) is 19.1 Å². The molecule has 0 saturated heterocycles. The van der Waals surface area contributed by atoms with Crippen LogP contribution in [0.4, 0.5) is 10.5 Å². The Hall–Kier alpha value is -2.68. The quantitative estimate of drug-likeness (QED) is 0.818. The van der Waals surface area contributed by atoms with Crippen LogP contribution in [-0.2, 0) is 4.79 Å². The second-order valence-corrected chi connectivity index (χ2v) is 4.37. The Labute approximate surface area is 116 Å². The maximum Gasteiger partial charge on any atom is 0.346 e. The van der Waals surface area contributed by atoms with E-state index < -0.39 is 12.1 Å². The summed E-state index contributed by atoms with van der Waals surface area (Å²) in [5, 5.41) is 9.10. The number of benzene rings is 1. The summed E-state index contributed by atoms with van der Waals surface area (Å²) in [4.78, 5) is 26.2. The zero-order valence-corrected chi connectivity index (χ0v) is 10.9. The largest absolute Gasteiger partial charge is 0.478 e. The molecule has 0 fully saturated rings. The van der Waals surface area contributed by atoms with Crippen LogP contribution < -0.4 is 9.64 Å². The lowest BCUT2D eigenvalue weighted by molar-refractivity contribution is -0.144. The predicted octanol–water partition coefficient (Wildman–Crippen LogP) is 1.02. The maximum absolute atomic E-state index is 12.3. The molecule has 6 heteroatoms. The fourth-order valence-corrected chi connectivity index (χ4v) is 1.95. The number of para-hydroxylation sites is 2. The molecule has 104 valence electrons. The van der Waals surface area contributed by atoms with Crippen LogP contribution in [0, 0.1) is 12.3 Å². The van der Waals surface area contributed by atoms with Crippen LogP contribution in [0.2, 0.25) is 0 Å². The summed E-state index contributed by atoms with van der Waals surface area (Å²) in [6.45, 7) is 0.0934. The van der Waals surface area contributed by atoms with Gasteiger partial charge in [-0.05, 0) is 12.1 Å². The van der Waals surface area contributed by atoms with Crippen molar-refractivity contribution in [1.82, 2.24) is 4.90 Å². The number of rotatable bonds is 2. The van der Waals surface area contributed by atoms with Crippen LogP contribution in [0.15, 0.2) is 24.3 Å². The van der Waals surface area contributed by atoms with Gasteiger partial charge in [-0.2, -0.15) is 0 Å². The number of nitrogens with zero attached hydrogens (tertiary/aromatic N) is 2. The molecule has 0 saturated carbocycles. The van der Waals surface area contributed by atoms with E-state index in [1.807, 2.05) is 0 Å². The summed E-state index contributed by atoms with van der Waals surface area (Å²) in [6, 6.07) is 6.45. The molecule has 20 heavy (non-hydrogen) atoms. The average molecular weight is 274 g/mol. The highest BCUT2D eigenvalue weighted by atomic mass is 16.5. The lowest BCUT2D eigenvalue weighted by Crippen LogP contribution is -2.51. The first-order chi connectivity index (χ1) is 9.54. The summed E-state index contributed by atoms with van der Waals surface area (Å²) in [5.41, 5.74) is 0.541. The molecule has 1 N–H and O–H groups in total. The lowest BCUT2D eigenvalue weighted by Gasteiger charge is -2.34. The van der Waals surface area contributed by atoms with E-state index in [0.717, 1.165) is 0 Å². The van der Waals surface area contributed by atoms with E-state index >= 15 is 0 Å². The smallest absolute Gasteiger partial charge is 0.346 e. The molecule has 0 aromatic heterocycles. The van der Waals surface area contributed by atoms with E-state index in [0.29, 0.717) is 11.4 Å². The molecule has 6 nitrogen and oxygen atoms in total. The SMILES string of the molecule is C#CCN(C)C(=O)N1CC(C(=O)O)Oc2ccccc21. The molecule has 0 spiro atoms. The van der Waals surface area contributed by atoms with Crippen molar-refractivity contribution in [2.75, 3.05) is 25.0 Å². The molecule has 1 aliphatic rings. The molecule has 2 rings (SSSR count). The van der Waals surface area contributed by atoms with Gasteiger partial charge < -0.3 is 14.7 Å². The number of hydrogen-bond acceptors (Lipinski definition) is 3. The van der Waals surface area contributed by atoms with Crippen molar-refractivity contribution < 1.29 is 19.4 Å². The molecule has 0 aliphatic carbocycles. The third-order valence-corrected chi connectivity index (χ3v) is 2.94. The van der Waals surface area contributed by atoms with Gasteiger partial charge in [0.1, 0.15) is 5.75 Å². The fourth-order valence-electron chi connectivity index (χ4n) is 1.95. The average Bonchev–Trinajstić information content (AvgIpc) is 2.45. The third kappa shape index (κ3) is 2.52. The van der Waals surface area contributed by atoms with E-state index in [4.69, 9.17) is 16.3 Å². The second kappa shape index (κ2) is 5.53. The zero-order chi connectivity index (χ0) is 14.7. The van der Waals surface area contributed by atoms with Gasteiger partial charge in [-0.25, -0.2) is 9.59 Å². The molecular formula is C14H14N2O4. The molecular weight excluding hydrogens is 260 g/mol. The van der Waals surface area contributed by atoms with E-state index in [2.05, 4.69) is 5.92 Å². The van der Waals surface area contributed by atoms with Gasteiger partial charge in [0.05, 0.1) is 18.8 Å². The number of aliphatic carboxylic acids is 1. The minimum atomic E-state index is -1.11. The minimum absolute atomic E-state index is 0.0555. The highest BCUT2D eigenvalue weighted by Gasteiger charge is 2.34. The Bertz CT molecular complexity index is 579. The summed E-state index contributed by atoms with van der Waals surface area (Å²) in [5.74, 6) is 1.63. The second-order valence-electron chi connectivity index (χ2n) is 4.37. The van der Waals surface area contributed by atoms with Crippen molar-refractivity contribution in [2.45, 2.75) is 6.10 Å². The van der Waals surface area contributed by atoms with Crippen LogP contribution in [0.5, 0.6) is 5.75 Å². The monoisotopic (exact) mass is 274 g/mol. The number of ether oxygens (including phenoxy) is 1. The van der Waals surface area contributed by atoms with Gasteiger partial charge in [-0.3, -0.25) is 4.90 Å². The van der Waals surface area contributed by atoms with Crippen molar-refractivity contribution in [2.24, 2.45) is 0 Å². The Balaban J connectivity index is 2.34. The Kier molecular flexibility index (Phi) is 3.80. The highest BCUT2D eigenvalue weighted by Crippen LogP contribution is 2.33. The van der Waals surface area contributed by atoms with E-state index in [1.165, 1.54) is 9.80 Å². The van der Waals surface area contributed by atoms with E-state index in [1.54, 1.807) is 31.3 Å². The number of carboxylic acids is 1. The van der Waals surface area contributed by atoms with Gasteiger partial charge >= 0.3 is 12.0 Å². The van der Waals surface area contributed by atoms with Gasteiger partial charge in [-0.15, -0.1) is 6.42 Å². The Morgan fingerprint density at radius 1 is 1.55 bits per heavy atom. The minimum Gasteiger partial charge on any atom is -0.478 e. The van der Waals surface area contributed by atoms with Gasteiger partial charge in [0, 0.05) is 7.05 Å². The molecule has 1 aromatic carbocycles. The summed E-state index contributed by atoms with van der Waals surface area (Å²) < 4.78 is 5.36. The number of anilines is 1. The molecule has 1 atom stereocenters. The molecule has 1 unspecified atom stereocenters. The predicted molar refractivity (Wildman–Crippen MR) is 72.7 cm³/mol. The van der Waals surface area contributed by atoms with Crippen molar-refractivity contribution in [1.29, 1.82) is 0 Å². The number of urea groups is 1. The maximum atomic E-state index is 12.3. The topological polar surface area (TPSA) is 70.1 Å².